The van der Waals surface area contributed by atoms with Gasteiger partial charge in [-0.25, -0.2) is 4.98 Å². The molecule has 0 aliphatic carbocycles. The number of rotatable bonds is 5. The summed E-state index contributed by atoms with van der Waals surface area (Å²) in [7, 11) is 0. The molecule has 5 aromatic carbocycles. The van der Waals surface area contributed by atoms with Crippen LogP contribution in [0.1, 0.15) is 0 Å². The lowest BCUT2D eigenvalue weighted by Gasteiger charge is -2.12. The average Bonchev–Trinajstić information content (AvgIpc) is 3.12. The van der Waals surface area contributed by atoms with E-state index < -0.39 is 0 Å². The Morgan fingerprint density at radius 1 is 0.318 bits per heavy atom. The summed E-state index contributed by atoms with van der Waals surface area (Å²) in [6.45, 7) is 0. The zero-order valence-corrected chi connectivity index (χ0v) is 23.9. The number of aromatic nitrogens is 3. The van der Waals surface area contributed by atoms with Crippen LogP contribution >= 0.6 is 0 Å². The molecular formula is C41H27N3. The van der Waals surface area contributed by atoms with E-state index in [1.54, 1.807) is 24.8 Å². The van der Waals surface area contributed by atoms with Crippen LogP contribution in [0.3, 0.4) is 0 Å². The van der Waals surface area contributed by atoms with Crippen molar-refractivity contribution in [1.82, 2.24) is 15.0 Å². The highest BCUT2D eigenvalue weighted by Crippen LogP contribution is 2.36. The van der Waals surface area contributed by atoms with Gasteiger partial charge >= 0.3 is 0 Å². The third-order valence-corrected chi connectivity index (χ3v) is 8.29. The Labute approximate surface area is 256 Å². The molecule has 0 unspecified atom stereocenters. The lowest BCUT2D eigenvalue weighted by Crippen LogP contribution is -1.91. The van der Waals surface area contributed by atoms with Gasteiger partial charge < -0.3 is 0 Å². The second-order valence-corrected chi connectivity index (χ2v) is 10.9. The SMILES string of the molecule is c1ccc2c(c1)cc(-c1ccc(-c3ccc(-c4cc(-c5ccncc5)nc(-c5ccncc5)c4)cc3)cc1)c1ccccc12. The van der Waals surface area contributed by atoms with Gasteiger partial charge in [-0.05, 0) is 97.4 Å². The molecule has 206 valence electrons. The van der Waals surface area contributed by atoms with E-state index in [4.69, 9.17) is 4.98 Å². The third-order valence-electron chi connectivity index (χ3n) is 8.29. The summed E-state index contributed by atoms with van der Waals surface area (Å²) >= 11 is 0. The Morgan fingerprint density at radius 3 is 1.34 bits per heavy atom. The van der Waals surface area contributed by atoms with Gasteiger partial charge in [-0.3, -0.25) is 9.97 Å². The Kier molecular flexibility index (Phi) is 6.47. The van der Waals surface area contributed by atoms with Gasteiger partial charge in [0.15, 0.2) is 0 Å². The van der Waals surface area contributed by atoms with E-state index in [9.17, 15) is 0 Å². The van der Waals surface area contributed by atoms with Crippen LogP contribution in [0.5, 0.6) is 0 Å². The van der Waals surface area contributed by atoms with Crippen molar-refractivity contribution in [2.24, 2.45) is 0 Å². The molecule has 0 bridgehead atoms. The van der Waals surface area contributed by atoms with Crippen LogP contribution < -0.4 is 0 Å². The molecule has 44 heavy (non-hydrogen) atoms. The minimum atomic E-state index is 0.914. The monoisotopic (exact) mass is 561 g/mol. The molecule has 3 aromatic heterocycles. The van der Waals surface area contributed by atoms with Gasteiger partial charge in [0.1, 0.15) is 0 Å². The molecule has 0 saturated carbocycles. The topological polar surface area (TPSA) is 38.7 Å². The fourth-order valence-electron chi connectivity index (χ4n) is 6.03. The Balaban J connectivity index is 1.14. The van der Waals surface area contributed by atoms with E-state index in [1.807, 2.05) is 24.3 Å². The maximum atomic E-state index is 4.98. The Morgan fingerprint density at radius 2 is 0.773 bits per heavy atom. The maximum absolute atomic E-state index is 4.98. The molecule has 8 rings (SSSR count). The van der Waals surface area contributed by atoms with E-state index in [2.05, 4.69) is 125 Å². The number of benzene rings is 5. The minimum Gasteiger partial charge on any atom is -0.265 e. The van der Waals surface area contributed by atoms with Crippen molar-refractivity contribution in [3.8, 4) is 55.9 Å². The zero-order valence-electron chi connectivity index (χ0n) is 23.9. The molecule has 0 amide bonds. The highest BCUT2D eigenvalue weighted by atomic mass is 14.7. The number of fused-ring (bicyclic) bond motifs is 3. The summed E-state index contributed by atoms with van der Waals surface area (Å²) in [5.74, 6) is 0. The minimum absolute atomic E-state index is 0.914. The molecule has 0 atom stereocenters. The van der Waals surface area contributed by atoms with Crippen molar-refractivity contribution in [3.05, 3.63) is 164 Å². The molecule has 0 spiro atoms. The summed E-state index contributed by atoms with van der Waals surface area (Å²) < 4.78 is 0. The van der Waals surface area contributed by atoms with Crippen LogP contribution in [0.25, 0.3) is 77.4 Å². The lowest BCUT2D eigenvalue weighted by molar-refractivity contribution is 1.27. The number of hydrogen-bond donors (Lipinski definition) is 0. The van der Waals surface area contributed by atoms with Crippen LogP contribution in [0.4, 0.5) is 0 Å². The summed E-state index contributed by atoms with van der Waals surface area (Å²) in [4.78, 5) is 13.3. The molecule has 3 heterocycles. The normalized spacial score (nSPS) is 11.2. The molecule has 3 nitrogen and oxygen atoms in total. The van der Waals surface area contributed by atoms with Crippen LogP contribution in [0, 0.1) is 0 Å². The van der Waals surface area contributed by atoms with Gasteiger partial charge in [-0.15, -0.1) is 0 Å². The summed E-state index contributed by atoms with van der Waals surface area (Å²) in [5, 5.41) is 5.11. The highest BCUT2D eigenvalue weighted by Gasteiger charge is 2.11. The summed E-state index contributed by atoms with van der Waals surface area (Å²) in [5.41, 5.74) is 11.0. The van der Waals surface area contributed by atoms with Crippen molar-refractivity contribution in [2.45, 2.75) is 0 Å². The fourth-order valence-corrected chi connectivity index (χ4v) is 6.03. The zero-order chi connectivity index (χ0) is 29.3. The molecule has 8 aromatic rings. The van der Waals surface area contributed by atoms with E-state index in [1.165, 1.54) is 43.8 Å². The van der Waals surface area contributed by atoms with Gasteiger partial charge in [0.05, 0.1) is 11.4 Å². The van der Waals surface area contributed by atoms with Gasteiger partial charge in [0.25, 0.3) is 0 Å². The van der Waals surface area contributed by atoms with Gasteiger partial charge in [0.2, 0.25) is 0 Å². The molecule has 0 N–H and O–H groups in total. The fraction of sp³-hybridized carbons (Fsp3) is 0. The quantitative estimate of drug-likeness (QED) is 0.196. The highest BCUT2D eigenvalue weighted by molar-refractivity contribution is 6.13. The summed E-state index contributed by atoms with van der Waals surface area (Å²) in [6.07, 6.45) is 7.22. The van der Waals surface area contributed by atoms with Crippen LogP contribution in [-0.2, 0) is 0 Å². The van der Waals surface area contributed by atoms with Crippen molar-refractivity contribution >= 4 is 21.5 Å². The first-order valence-electron chi connectivity index (χ1n) is 14.7. The van der Waals surface area contributed by atoms with Gasteiger partial charge in [-0.2, -0.15) is 0 Å². The smallest absolute Gasteiger partial charge is 0.0716 e. The third kappa shape index (κ3) is 4.81. The van der Waals surface area contributed by atoms with Crippen molar-refractivity contribution in [1.29, 1.82) is 0 Å². The largest absolute Gasteiger partial charge is 0.265 e. The first-order chi connectivity index (χ1) is 21.8. The predicted molar refractivity (Wildman–Crippen MR) is 182 cm³/mol. The first kappa shape index (κ1) is 25.8. The molecule has 0 fully saturated rings. The summed E-state index contributed by atoms with van der Waals surface area (Å²) in [6, 6.07) is 49.7. The van der Waals surface area contributed by atoms with Crippen LogP contribution in [-0.4, -0.2) is 15.0 Å². The molecular weight excluding hydrogens is 534 g/mol. The van der Waals surface area contributed by atoms with E-state index >= 15 is 0 Å². The number of nitrogens with zero attached hydrogens (tertiary/aromatic N) is 3. The Bertz CT molecular complexity index is 2180. The molecule has 0 aliphatic heterocycles. The second-order valence-electron chi connectivity index (χ2n) is 10.9. The molecule has 0 aliphatic rings. The maximum Gasteiger partial charge on any atom is 0.0716 e. The van der Waals surface area contributed by atoms with E-state index in [0.29, 0.717) is 0 Å². The molecule has 0 radical (unpaired) electrons. The van der Waals surface area contributed by atoms with Crippen LogP contribution in [0.15, 0.2) is 164 Å². The van der Waals surface area contributed by atoms with E-state index in [-0.39, 0.29) is 0 Å². The Hall–Kier alpha value is -5.93. The molecule has 3 heteroatoms. The average molecular weight is 562 g/mol. The first-order valence-corrected chi connectivity index (χ1v) is 14.7. The predicted octanol–water partition coefficient (Wildman–Crippen LogP) is 10.5. The van der Waals surface area contributed by atoms with Crippen molar-refractivity contribution in [3.63, 3.8) is 0 Å². The molecule has 0 saturated heterocycles. The van der Waals surface area contributed by atoms with Gasteiger partial charge in [-0.1, -0.05) is 97.1 Å². The van der Waals surface area contributed by atoms with Crippen LogP contribution in [0.2, 0.25) is 0 Å². The number of pyridine rings is 3. The standard InChI is InChI=1S/C41H27N3/c1-2-6-36-34(5-1)25-39(38-8-4-3-7-37(36)38)31-15-13-29(14-16-31)28-9-11-30(12-10-28)35-26-40(32-17-21-42-22-18-32)44-41(27-35)33-19-23-43-24-20-33/h1-27H. The van der Waals surface area contributed by atoms with E-state index in [0.717, 1.165) is 33.6 Å². The lowest BCUT2D eigenvalue weighted by atomic mass is 9.92. The number of hydrogen-bond acceptors (Lipinski definition) is 3. The van der Waals surface area contributed by atoms with Crippen molar-refractivity contribution in [2.75, 3.05) is 0 Å². The second kappa shape index (κ2) is 11.0. The van der Waals surface area contributed by atoms with Gasteiger partial charge in [0, 0.05) is 35.9 Å². The van der Waals surface area contributed by atoms with Crippen molar-refractivity contribution < 1.29 is 0 Å².